The third kappa shape index (κ3) is 3.55. The first-order chi connectivity index (χ1) is 13.8. The van der Waals surface area contributed by atoms with E-state index < -0.39 is 6.10 Å². The van der Waals surface area contributed by atoms with Crippen molar-refractivity contribution in [3.05, 3.63) is 23.3 Å². The van der Waals surface area contributed by atoms with E-state index in [1.54, 1.807) is 7.11 Å². The van der Waals surface area contributed by atoms with E-state index >= 15 is 0 Å². The maximum atomic E-state index is 10.8. The van der Waals surface area contributed by atoms with Gasteiger partial charge in [0.1, 0.15) is 0 Å². The van der Waals surface area contributed by atoms with Crippen LogP contribution in [0.3, 0.4) is 0 Å². The van der Waals surface area contributed by atoms with Gasteiger partial charge in [0.05, 0.1) is 31.5 Å². The Bertz CT molecular complexity index is 769. The monoisotopic (exact) mass is 401 g/mol. The molecule has 5 aliphatic rings. The molecular weight excluding hydrogens is 366 g/mol. The Balaban J connectivity index is 1.34. The standard InChI is InChI=1S/C24H35NO4/c1-23(2,3)29-22-13-25-6-5-16-7-21(28-14-24-10-15(11-24)12-24)20(27-4)8-17(16)18(25)9-19(22)26/h7-8,15,18-19,22,26H,5-6,9-14H2,1-4H3/t15?,18-,19-,22-,24?/m1/s1. The van der Waals surface area contributed by atoms with Gasteiger partial charge in [0.15, 0.2) is 11.5 Å². The summed E-state index contributed by atoms with van der Waals surface area (Å²) in [6.07, 6.45) is 5.13. The number of aliphatic hydroxyl groups excluding tert-OH is 1. The number of rotatable bonds is 5. The third-order valence-corrected chi connectivity index (χ3v) is 7.41. The molecule has 1 N–H and O–H groups in total. The molecule has 6 rings (SSSR count). The second-order valence-electron chi connectivity index (χ2n) is 10.8. The molecule has 2 bridgehead atoms. The molecule has 0 aromatic heterocycles. The predicted molar refractivity (Wildman–Crippen MR) is 112 cm³/mol. The first kappa shape index (κ1) is 19.7. The third-order valence-electron chi connectivity index (χ3n) is 7.41. The van der Waals surface area contributed by atoms with Gasteiger partial charge in [0.25, 0.3) is 0 Å². The van der Waals surface area contributed by atoms with Crippen molar-refractivity contribution in [2.75, 3.05) is 26.8 Å². The second kappa shape index (κ2) is 6.86. The van der Waals surface area contributed by atoms with Crippen molar-refractivity contribution < 1.29 is 19.3 Å². The average Bonchev–Trinajstić information content (AvgIpc) is 2.58. The van der Waals surface area contributed by atoms with Crippen LogP contribution in [-0.2, 0) is 11.2 Å². The molecule has 3 atom stereocenters. The maximum Gasteiger partial charge on any atom is 0.161 e. The van der Waals surface area contributed by atoms with E-state index in [9.17, 15) is 5.11 Å². The van der Waals surface area contributed by atoms with Crippen molar-refractivity contribution in [3.8, 4) is 11.5 Å². The summed E-state index contributed by atoms with van der Waals surface area (Å²) in [5.41, 5.74) is 2.82. The second-order valence-corrected chi connectivity index (χ2v) is 10.8. The molecule has 3 aliphatic carbocycles. The summed E-state index contributed by atoms with van der Waals surface area (Å²) in [6.45, 7) is 8.74. The van der Waals surface area contributed by atoms with Crippen LogP contribution in [0.5, 0.6) is 11.5 Å². The maximum absolute atomic E-state index is 10.8. The Morgan fingerprint density at radius 3 is 2.55 bits per heavy atom. The minimum Gasteiger partial charge on any atom is -0.493 e. The smallest absolute Gasteiger partial charge is 0.161 e. The quantitative estimate of drug-likeness (QED) is 0.815. The Morgan fingerprint density at radius 2 is 1.93 bits per heavy atom. The highest BCUT2D eigenvalue weighted by Gasteiger charge is 2.57. The number of hydrogen-bond acceptors (Lipinski definition) is 5. The molecule has 3 saturated carbocycles. The Hall–Kier alpha value is -1.30. The molecule has 0 amide bonds. The van der Waals surface area contributed by atoms with Gasteiger partial charge in [-0.05, 0) is 82.1 Å². The lowest BCUT2D eigenvalue weighted by Gasteiger charge is -2.61. The van der Waals surface area contributed by atoms with Crippen LogP contribution in [0.2, 0.25) is 0 Å². The van der Waals surface area contributed by atoms with Gasteiger partial charge in [0.2, 0.25) is 0 Å². The first-order valence-corrected chi connectivity index (χ1v) is 11.2. The lowest BCUT2D eigenvalue weighted by molar-refractivity contribution is -0.149. The molecule has 1 aromatic rings. The van der Waals surface area contributed by atoms with Crippen LogP contribution in [-0.4, -0.2) is 54.6 Å². The summed E-state index contributed by atoms with van der Waals surface area (Å²) < 4.78 is 18.1. The molecule has 0 unspecified atom stereocenters. The van der Waals surface area contributed by atoms with Gasteiger partial charge < -0.3 is 19.3 Å². The summed E-state index contributed by atoms with van der Waals surface area (Å²) >= 11 is 0. The fourth-order valence-electron chi connectivity index (χ4n) is 5.90. The van der Waals surface area contributed by atoms with Gasteiger partial charge >= 0.3 is 0 Å². The molecular formula is C24H35NO4. The van der Waals surface area contributed by atoms with Crippen molar-refractivity contribution in [3.63, 3.8) is 0 Å². The van der Waals surface area contributed by atoms with E-state index in [2.05, 4.69) is 37.8 Å². The molecule has 160 valence electrons. The van der Waals surface area contributed by atoms with E-state index in [0.717, 1.165) is 43.5 Å². The number of piperidine rings is 1. The fraction of sp³-hybridized carbons (Fsp3) is 0.750. The van der Waals surface area contributed by atoms with Crippen molar-refractivity contribution in [1.82, 2.24) is 4.90 Å². The lowest BCUT2D eigenvalue weighted by atomic mass is 9.45. The lowest BCUT2D eigenvalue weighted by Crippen LogP contribution is -2.55. The molecule has 4 fully saturated rings. The number of ether oxygens (including phenoxy) is 3. The highest BCUT2D eigenvalue weighted by Crippen LogP contribution is 2.64. The molecule has 0 radical (unpaired) electrons. The van der Waals surface area contributed by atoms with Crippen molar-refractivity contribution in [1.29, 1.82) is 0 Å². The molecule has 0 spiro atoms. The highest BCUT2D eigenvalue weighted by atomic mass is 16.5. The molecule has 5 heteroatoms. The number of aliphatic hydroxyl groups is 1. The number of hydrogen-bond donors (Lipinski definition) is 1. The van der Waals surface area contributed by atoms with Crippen molar-refractivity contribution in [2.24, 2.45) is 11.3 Å². The zero-order valence-electron chi connectivity index (χ0n) is 18.2. The molecule has 2 aliphatic heterocycles. The van der Waals surface area contributed by atoms with E-state index in [-0.39, 0.29) is 17.7 Å². The minimum absolute atomic E-state index is 0.134. The zero-order chi connectivity index (χ0) is 20.4. The summed E-state index contributed by atoms with van der Waals surface area (Å²) in [6, 6.07) is 4.57. The van der Waals surface area contributed by atoms with E-state index in [1.165, 1.54) is 30.4 Å². The van der Waals surface area contributed by atoms with Gasteiger partial charge in [-0.25, -0.2) is 0 Å². The van der Waals surface area contributed by atoms with Gasteiger partial charge in [-0.15, -0.1) is 0 Å². The van der Waals surface area contributed by atoms with E-state index in [1.807, 2.05) is 0 Å². The van der Waals surface area contributed by atoms with Crippen molar-refractivity contribution >= 4 is 0 Å². The van der Waals surface area contributed by atoms with Crippen LogP contribution >= 0.6 is 0 Å². The van der Waals surface area contributed by atoms with E-state index in [4.69, 9.17) is 14.2 Å². The molecule has 29 heavy (non-hydrogen) atoms. The molecule has 1 saturated heterocycles. The van der Waals surface area contributed by atoms with E-state index in [0.29, 0.717) is 11.8 Å². The molecule has 2 heterocycles. The van der Waals surface area contributed by atoms with Gasteiger partial charge in [-0.1, -0.05) is 0 Å². The van der Waals surface area contributed by atoms with Crippen LogP contribution in [0.1, 0.15) is 63.6 Å². The zero-order valence-corrected chi connectivity index (χ0v) is 18.2. The van der Waals surface area contributed by atoms with Crippen LogP contribution in [0.25, 0.3) is 0 Å². The Morgan fingerprint density at radius 1 is 1.17 bits per heavy atom. The SMILES string of the molecule is COc1cc2c(cc1OCC13CC(C1)C3)CCN1C[C@@H](OC(C)(C)C)[C@H](O)C[C@H]21. The van der Waals surface area contributed by atoms with Crippen LogP contribution in [0.15, 0.2) is 12.1 Å². The number of benzene rings is 1. The summed E-state index contributed by atoms with van der Waals surface area (Å²) in [4.78, 5) is 2.47. The Labute approximate surface area is 174 Å². The average molecular weight is 402 g/mol. The predicted octanol–water partition coefficient (Wildman–Crippen LogP) is 3.72. The topological polar surface area (TPSA) is 51.2 Å². The van der Waals surface area contributed by atoms with Crippen molar-refractivity contribution in [2.45, 2.75) is 76.7 Å². The van der Waals surface area contributed by atoms with Crippen LogP contribution in [0, 0.1) is 11.3 Å². The van der Waals surface area contributed by atoms with Gasteiger partial charge in [-0.2, -0.15) is 0 Å². The van der Waals surface area contributed by atoms with Crippen LogP contribution < -0.4 is 9.47 Å². The number of nitrogens with zero attached hydrogens (tertiary/aromatic N) is 1. The fourth-order valence-corrected chi connectivity index (χ4v) is 5.90. The summed E-state index contributed by atoms with van der Waals surface area (Å²) in [5.74, 6) is 2.67. The molecule has 5 nitrogen and oxygen atoms in total. The Kier molecular flexibility index (Phi) is 4.65. The largest absolute Gasteiger partial charge is 0.493 e. The van der Waals surface area contributed by atoms with Gasteiger partial charge in [0, 0.05) is 24.5 Å². The number of methoxy groups -OCH3 is 1. The summed E-state index contributed by atoms with van der Waals surface area (Å²) in [5, 5.41) is 10.8. The normalized spacial score (nSPS) is 35.8. The number of fused-ring (bicyclic) bond motifs is 3. The van der Waals surface area contributed by atoms with Gasteiger partial charge in [-0.3, -0.25) is 4.90 Å². The molecule has 1 aromatic carbocycles. The minimum atomic E-state index is -0.451. The first-order valence-electron chi connectivity index (χ1n) is 11.2. The highest BCUT2D eigenvalue weighted by molar-refractivity contribution is 5.50. The van der Waals surface area contributed by atoms with Crippen LogP contribution in [0.4, 0.5) is 0 Å². The summed E-state index contributed by atoms with van der Waals surface area (Å²) in [7, 11) is 1.72.